The fraction of sp³-hybridized carbons (Fsp3) is 0.400. The Hall–Kier alpha value is -1.72. The summed E-state index contributed by atoms with van der Waals surface area (Å²) in [6.07, 6.45) is 0. The first kappa shape index (κ1) is 19.6. The Bertz CT molecular complexity index is 649. The van der Waals surface area contributed by atoms with Gasteiger partial charge in [-0.2, -0.15) is 0 Å². The van der Waals surface area contributed by atoms with Crippen LogP contribution in [0.3, 0.4) is 0 Å². The maximum absolute atomic E-state index is 5.83. The van der Waals surface area contributed by atoms with E-state index in [1.165, 1.54) is 0 Å². The fourth-order valence-corrected chi connectivity index (χ4v) is 3.17. The highest BCUT2D eigenvalue weighted by Gasteiger charge is 2.06. The lowest BCUT2D eigenvalue weighted by Crippen LogP contribution is -2.13. The number of hydrogen-bond acceptors (Lipinski definition) is 4. The molecule has 0 aliphatic rings. The molecule has 0 heterocycles. The van der Waals surface area contributed by atoms with Crippen molar-refractivity contribution in [3.8, 4) is 17.2 Å². The fourth-order valence-electron chi connectivity index (χ4n) is 2.48. The van der Waals surface area contributed by atoms with E-state index in [9.17, 15) is 0 Å². The molecule has 4 nitrogen and oxygen atoms in total. The van der Waals surface area contributed by atoms with Crippen LogP contribution in [0.15, 0.2) is 40.9 Å². The molecular weight excluding hydrogens is 384 g/mol. The summed E-state index contributed by atoms with van der Waals surface area (Å²) in [6, 6.07) is 11.7. The minimum atomic E-state index is 0.473. The Morgan fingerprint density at radius 3 is 1.96 bits per heavy atom. The summed E-state index contributed by atoms with van der Waals surface area (Å²) in [5.41, 5.74) is 2.23. The zero-order valence-corrected chi connectivity index (χ0v) is 16.6. The molecule has 0 atom stereocenters. The van der Waals surface area contributed by atoms with Gasteiger partial charge in [0.15, 0.2) is 11.5 Å². The van der Waals surface area contributed by atoms with E-state index in [-0.39, 0.29) is 0 Å². The lowest BCUT2D eigenvalue weighted by Gasteiger charge is -2.13. The molecular formula is C20H25BrO4. The summed E-state index contributed by atoms with van der Waals surface area (Å²) in [5.74, 6) is 2.42. The molecule has 0 unspecified atom stereocenters. The van der Waals surface area contributed by atoms with Gasteiger partial charge in [-0.15, -0.1) is 0 Å². The average Bonchev–Trinajstić information content (AvgIpc) is 2.57. The molecule has 2 aromatic carbocycles. The third-order valence-electron chi connectivity index (χ3n) is 3.53. The van der Waals surface area contributed by atoms with Crippen LogP contribution in [0.5, 0.6) is 17.2 Å². The summed E-state index contributed by atoms with van der Waals surface area (Å²) >= 11 is 3.49. The van der Waals surface area contributed by atoms with Gasteiger partial charge in [-0.25, -0.2) is 0 Å². The SMILES string of the molecule is CCOc1ccccc1OCCOCCOc1c(C)cc(Br)cc1C. The molecule has 2 rings (SSSR count). The van der Waals surface area contributed by atoms with Crippen LogP contribution in [0.2, 0.25) is 0 Å². The van der Waals surface area contributed by atoms with Crippen molar-refractivity contribution in [2.45, 2.75) is 20.8 Å². The monoisotopic (exact) mass is 408 g/mol. The van der Waals surface area contributed by atoms with Crippen molar-refractivity contribution in [2.24, 2.45) is 0 Å². The molecule has 136 valence electrons. The molecule has 0 saturated heterocycles. The summed E-state index contributed by atoms with van der Waals surface area (Å²) in [5, 5.41) is 0. The van der Waals surface area contributed by atoms with Gasteiger partial charge in [0.25, 0.3) is 0 Å². The third-order valence-corrected chi connectivity index (χ3v) is 3.99. The van der Waals surface area contributed by atoms with Crippen LogP contribution in [0.4, 0.5) is 0 Å². The number of rotatable bonds is 10. The van der Waals surface area contributed by atoms with Crippen molar-refractivity contribution in [2.75, 3.05) is 33.0 Å². The van der Waals surface area contributed by atoms with Gasteiger partial charge < -0.3 is 18.9 Å². The second kappa shape index (κ2) is 10.3. The molecule has 5 heteroatoms. The predicted octanol–water partition coefficient (Wildman–Crippen LogP) is 4.94. The van der Waals surface area contributed by atoms with Crippen LogP contribution in [-0.4, -0.2) is 33.0 Å². The van der Waals surface area contributed by atoms with Crippen molar-refractivity contribution < 1.29 is 18.9 Å². The average molecular weight is 409 g/mol. The van der Waals surface area contributed by atoms with Crippen LogP contribution in [0.1, 0.15) is 18.1 Å². The quantitative estimate of drug-likeness (QED) is 0.521. The predicted molar refractivity (Wildman–Crippen MR) is 103 cm³/mol. The van der Waals surface area contributed by atoms with Crippen LogP contribution in [-0.2, 0) is 4.74 Å². The van der Waals surface area contributed by atoms with E-state index in [2.05, 4.69) is 15.9 Å². The van der Waals surface area contributed by atoms with E-state index in [1.807, 2.05) is 57.2 Å². The van der Waals surface area contributed by atoms with E-state index < -0.39 is 0 Å². The van der Waals surface area contributed by atoms with Gasteiger partial charge in [-0.3, -0.25) is 0 Å². The normalized spacial score (nSPS) is 10.6. The van der Waals surface area contributed by atoms with Crippen LogP contribution >= 0.6 is 15.9 Å². The van der Waals surface area contributed by atoms with E-state index in [1.54, 1.807) is 0 Å². The van der Waals surface area contributed by atoms with Crippen molar-refractivity contribution in [1.29, 1.82) is 0 Å². The standard InChI is InChI=1S/C20H25BrO4/c1-4-23-18-7-5-6-8-19(18)24-11-9-22-10-12-25-20-15(2)13-17(21)14-16(20)3/h5-8,13-14H,4,9-12H2,1-3H3. The third kappa shape index (κ3) is 6.25. The zero-order chi connectivity index (χ0) is 18.1. The zero-order valence-electron chi connectivity index (χ0n) is 15.0. The molecule has 25 heavy (non-hydrogen) atoms. The van der Waals surface area contributed by atoms with Crippen molar-refractivity contribution >= 4 is 15.9 Å². The van der Waals surface area contributed by atoms with E-state index in [0.717, 1.165) is 32.8 Å². The molecule has 0 aromatic heterocycles. The summed E-state index contributed by atoms with van der Waals surface area (Å²) in [7, 11) is 0. The van der Waals surface area contributed by atoms with Gasteiger partial charge in [-0.05, 0) is 56.2 Å². The molecule has 0 N–H and O–H groups in total. The molecule has 0 bridgehead atoms. The van der Waals surface area contributed by atoms with Gasteiger partial charge in [0.1, 0.15) is 19.0 Å². The van der Waals surface area contributed by atoms with E-state index in [4.69, 9.17) is 18.9 Å². The Balaban J connectivity index is 1.66. The molecule has 0 aliphatic heterocycles. The topological polar surface area (TPSA) is 36.9 Å². The number of para-hydroxylation sites is 2. The highest BCUT2D eigenvalue weighted by molar-refractivity contribution is 9.10. The second-order valence-electron chi connectivity index (χ2n) is 5.56. The molecule has 0 spiro atoms. The highest BCUT2D eigenvalue weighted by atomic mass is 79.9. The van der Waals surface area contributed by atoms with E-state index >= 15 is 0 Å². The molecule has 0 fully saturated rings. The minimum Gasteiger partial charge on any atom is -0.491 e. The smallest absolute Gasteiger partial charge is 0.161 e. The summed E-state index contributed by atoms with van der Waals surface area (Å²) in [4.78, 5) is 0. The van der Waals surface area contributed by atoms with Crippen molar-refractivity contribution in [3.63, 3.8) is 0 Å². The van der Waals surface area contributed by atoms with Crippen LogP contribution in [0, 0.1) is 13.8 Å². The first-order valence-electron chi connectivity index (χ1n) is 8.43. The second-order valence-corrected chi connectivity index (χ2v) is 6.47. The number of ether oxygens (including phenoxy) is 4. The van der Waals surface area contributed by atoms with Gasteiger partial charge in [0.2, 0.25) is 0 Å². The first-order chi connectivity index (χ1) is 12.1. The lowest BCUT2D eigenvalue weighted by atomic mass is 10.1. The maximum Gasteiger partial charge on any atom is 0.161 e. The summed E-state index contributed by atoms with van der Waals surface area (Å²) < 4.78 is 23.7. The Kier molecular flexibility index (Phi) is 8.09. The highest BCUT2D eigenvalue weighted by Crippen LogP contribution is 2.27. The Morgan fingerprint density at radius 1 is 0.800 bits per heavy atom. The molecule has 2 aromatic rings. The molecule has 0 saturated carbocycles. The molecule has 0 aliphatic carbocycles. The number of halogens is 1. The van der Waals surface area contributed by atoms with Crippen LogP contribution < -0.4 is 14.2 Å². The van der Waals surface area contributed by atoms with Crippen molar-refractivity contribution in [1.82, 2.24) is 0 Å². The largest absolute Gasteiger partial charge is 0.491 e. The van der Waals surface area contributed by atoms with Crippen LogP contribution in [0.25, 0.3) is 0 Å². The lowest BCUT2D eigenvalue weighted by molar-refractivity contribution is 0.0752. The number of aryl methyl sites for hydroxylation is 2. The minimum absolute atomic E-state index is 0.473. The van der Waals surface area contributed by atoms with E-state index in [0.29, 0.717) is 33.0 Å². The van der Waals surface area contributed by atoms with Crippen molar-refractivity contribution in [3.05, 3.63) is 52.0 Å². The molecule has 0 radical (unpaired) electrons. The Morgan fingerprint density at radius 2 is 1.36 bits per heavy atom. The van der Waals surface area contributed by atoms with Gasteiger partial charge in [-0.1, -0.05) is 28.1 Å². The van der Waals surface area contributed by atoms with Gasteiger partial charge in [0, 0.05) is 4.47 Å². The number of hydrogen-bond donors (Lipinski definition) is 0. The van der Waals surface area contributed by atoms with Gasteiger partial charge >= 0.3 is 0 Å². The van der Waals surface area contributed by atoms with Gasteiger partial charge in [0.05, 0.1) is 19.8 Å². The Labute approximate surface area is 158 Å². The molecule has 0 amide bonds. The summed E-state index contributed by atoms with van der Waals surface area (Å²) in [6.45, 7) is 8.65. The maximum atomic E-state index is 5.83. The number of benzene rings is 2. The first-order valence-corrected chi connectivity index (χ1v) is 9.23.